The summed E-state index contributed by atoms with van der Waals surface area (Å²) in [5, 5.41) is 18.2. The van der Waals surface area contributed by atoms with Crippen LogP contribution < -0.4 is 4.90 Å². The van der Waals surface area contributed by atoms with Gasteiger partial charge >= 0.3 is 6.18 Å². The first-order valence-corrected chi connectivity index (χ1v) is 11.3. The van der Waals surface area contributed by atoms with Crippen molar-refractivity contribution >= 4 is 28.9 Å². The summed E-state index contributed by atoms with van der Waals surface area (Å²) in [6, 6.07) is 4.86. The van der Waals surface area contributed by atoms with Crippen molar-refractivity contribution in [3.05, 3.63) is 29.3 Å². The van der Waals surface area contributed by atoms with Crippen LogP contribution in [0.15, 0.2) is 18.2 Å². The van der Waals surface area contributed by atoms with E-state index in [4.69, 9.17) is 22.6 Å². The third-order valence-electron chi connectivity index (χ3n) is 6.62. The zero-order valence-electron chi connectivity index (χ0n) is 18.3. The normalized spacial score (nSPS) is 23.5. The average molecular weight is 468 g/mol. The lowest BCUT2D eigenvalue weighted by Gasteiger charge is -2.41. The van der Waals surface area contributed by atoms with Crippen molar-refractivity contribution in [2.75, 3.05) is 11.5 Å². The van der Waals surface area contributed by atoms with Crippen LogP contribution in [-0.4, -0.2) is 39.2 Å². The summed E-state index contributed by atoms with van der Waals surface area (Å²) < 4.78 is 40.4. The molecule has 174 valence electrons. The van der Waals surface area contributed by atoms with Crippen molar-refractivity contribution in [2.24, 2.45) is 5.92 Å². The topological polar surface area (TPSA) is 67.6 Å². The Morgan fingerprint density at radius 1 is 1.22 bits per heavy atom. The summed E-state index contributed by atoms with van der Waals surface area (Å²) in [6.07, 6.45) is 1.85. The molecular formula is C23H28F3N3O2S. The largest absolute Gasteiger partial charge is 0.417 e. The highest BCUT2D eigenvalue weighted by molar-refractivity contribution is 7.80. The predicted molar refractivity (Wildman–Crippen MR) is 119 cm³/mol. The summed E-state index contributed by atoms with van der Waals surface area (Å²) in [5.41, 5.74) is -2.51. The fourth-order valence-electron chi connectivity index (χ4n) is 4.89. The number of hydrogen-bond acceptors (Lipinski definition) is 4. The Morgan fingerprint density at radius 2 is 1.88 bits per heavy atom. The van der Waals surface area contributed by atoms with E-state index in [-0.39, 0.29) is 29.4 Å². The van der Waals surface area contributed by atoms with E-state index in [9.17, 15) is 18.0 Å². The minimum absolute atomic E-state index is 0.0274. The monoisotopic (exact) mass is 467 g/mol. The number of carbonyl (C=O) groups excluding carboxylic acids is 1. The molecule has 5 nitrogen and oxygen atoms in total. The number of anilines is 1. The highest BCUT2D eigenvalue weighted by Gasteiger charge is 2.52. The van der Waals surface area contributed by atoms with Crippen LogP contribution in [-0.2, 0) is 11.0 Å². The highest BCUT2D eigenvalue weighted by atomic mass is 32.1. The van der Waals surface area contributed by atoms with Crippen LogP contribution in [0.25, 0.3) is 0 Å². The maximum Gasteiger partial charge on any atom is 0.417 e. The first-order valence-electron chi connectivity index (χ1n) is 10.9. The van der Waals surface area contributed by atoms with Gasteiger partial charge in [0.15, 0.2) is 5.11 Å². The lowest BCUT2D eigenvalue weighted by atomic mass is 9.81. The van der Waals surface area contributed by atoms with Gasteiger partial charge in [-0.25, -0.2) is 0 Å². The Balaban J connectivity index is 1.83. The van der Waals surface area contributed by atoms with Gasteiger partial charge in [-0.05, 0) is 82.3 Å². The Labute approximate surface area is 191 Å². The molecule has 1 aromatic rings. The molecule has 1 amide bonds. The number of nitrogens with zero attached hydrogens (tertiary/aromatic N) is 3. The second-order valence-electron chi connectivity index (χ2n) is 9.09. The number of nitriles is 1. The van der Waals surface area contributed by atoms with Crippen molar-refractivity contribution in [3.63, 3.8) is 0 Å². The van der Waals surface area contributed by atoms with Crippen LogP contribution in [0.5, 0.6) is 0 Å². The fraction of sp³-hybridized carbons (Fsp3) is 0.609. The van der Waals surface area contributed by atoms with E-state index < -0.39 is 22.8 Å². The maximum absolute atomic E-state index is 13.5. The van der Waals surface area contributed by atoms with E-state index in [0.717, 1.165) is 57.1 Å². The molecule has 2 aliphatic rings. The molecule has 1 aliphatic heterocycles. The molecule has 9 heteroatoms. The number of aliphatic hydroxyl groups is 1. The molecule has 32 heavy (non-hydrogen) atoms. The predicted octanol–water partition coefficient (Wildman–Crippen LogP) is 5.01. The number of carbonyl (C=O) groups is 1. The Bertz CT molecular complexity index is 918. The molecule has 0 unspecified atom stereocenters. The molecule has 0 bridgehead atoms. The van der Waals surface area contributed by atoms with Gasteiger partial charge in [-0.3, -0.25) is 9.69 Å². The summed E-state index contributed by atoms with van der Waals surface area (Å²) in [4.78, 5) is 16.3. The molecule has 0 spiro atoms. The van der Waals surface area contributed by atoms with Crippen molar-refractivity contribution in [1.82, 2.24) is 4.90 Å². The van der Waals surface area contributed by atoms with Crippen molar-refractivity contribution < 1.29 is 23.1 Å². The van der Waals surface area contributed by atoms with Crippen LogP contribution in [0.3, 0.4) is 0 Å². The molecule has 0 radical (unpaired) electrons. The highest BCUT2D eigenvalue weighted by Crippen LogP contribution is 2.41. The summed E-state index contributed by atoms with van der Waals surface area (Å²) in [7, 11) is 0. The van der Waals surface area contributed by atoms with Crippen LogP contribution in [0.4, 0.5) is 18.9 Å². The smallest absolute Gasteiger partial charge is 0.396 e. The van der Waals surface area contributed by atoms with Gasteiger partial charge in [0.05, 0.1) is 22.9 Å². The minimum atomic E-state index is -4.71. The van der Waals surface area contributed by atoms with Crippen molar-refractivity contribution in [1.29, 1.82) is 5.26 Å². The molecule has 0 aromatic heterocycles. The molecule has 2 fully saturated rings. The number of alkyl halides is 3. The number of rotatable bonds is 6. The number of unbranched alkanes of at least 4 members (excludes halogenated alkanes) is 1. The van der Waals surface area contributed by atoms with E-state index in [0.29, 0.717) is 5.92 Å². The van der Waals surface area contributed by atoms with Crippen molar-refractivity contribution in [2.45, 2.75) is 76.6 Å². The van der Waals surface area contributed by atoms with Crippen LogP contribution in [0.2, 0.25) is 0 Å². The van der Waals surface area contributed by atoms with Gasteiger partial charge in [-0.15, -0.1) is 0 Å². The average Bonchev–Trinajstić information content (AvgIpc) is 2.92. The lowest BCUT2D eigenvalue weighted by Crippen LogP contribution is -2.51. The van der Waals surface area contributed by atoms with Gasteiger partial charge in [0.1, 0.15) is 5.54 Å². The number of halogens is 3. The Hall–Kier alpha value is -2.18. The minimum Gasteiger partial charge on any atom is -0.396 e. The third kappa shape index (κ3) is 4.62. The Kier molecular flexibility index (Phi) is 7.15. The second kappa shape index (κ2) is 9.36. The van der Waals surface area contributed by atoms with Gasteiger partial charge in [-0.2, -0.15) is 18.4 Å². The molecule has 1 saturated carbocycles. The number of thiocarbonyl (C=S) groups is 1. The first kappa shape index (κ1) is 24.5. The molecular weight excluding hydrogens is 439 g/mol. The van der Waals surface area contributed by atoms with E-state index >= 15 is 0 Å². The molecule has 1 N–H and O–H groups in total. The molecule has 3 rings (SSSR count). The molecule has 1 saturated heterocycles. The number of hydrogen-bond donors (Lipinski definition) is 1. The fourth-order valence-corrected chi connectivity index (χ4v) is 5.46. The number of aliphatic hydroxyl groups excluding tert-OH is 1. The van der Waals surface area contributed by atoms with Gasteiger partial charge in [0.2, 0.25) is 0 Å². The van der Waals surface area contributed by atoms with E-state index in [1.807, 2.05) is 4.90 Å². The first-order chi connectivity index (χ1) is 15.0. The summed E-state index contributed by atoms with van der Waals surface area (Å²) >= 11 is 5.62. The number of benzene rings is 1. The quantitative estimate of drug-likeness (QED) is 0.471. The molecule has 1 aliphatic carbocycles. The lowest BCUT2D eigenvalue weighted by molar-refractivity contribution is -0.137. The van der Waals surface area contributed by atoms with Crippen molar-refractivity contribution in [3.8, 4) is 6.07 Å². The van der Waals surface area contributed by atoms with Crippen LogP contribution in [0, 0.1) is 17.2 Å². The zero-order valence-corrected chi connectivity index (χ0v) is 19.1. The summed E-state index contributed by atoms with van der Waals surface area (Å²) in [6.45, 7) is 3.71. The SMILES string of the molecule is CC1(C)C(=O)N(c2ccc(C#N)c(C(F)(F)F)c2)C(=S)N1C1CCC(CCCCO)CC1. The van der Waals surface area contributed by atoms with Gasteiger partial charge < -0.3 is 10.0 Å². The molecule has 0 atom stereocenters. The van der Waals surface area contributed by atoms with Gasteiger partial charge in [-0.1, -0.05) is 12.8 Å². The van der Waals surface area contributed by atoms with Crippen LogP contribution >= 0.6 is 12.2 Å². The second-order valence-corrected chi connectivity index (χ2v) is 9.45. The van der Waals surface area contributed by atoms with Gasteiger partial charge in [0.25, 0.3) is 5.91 Å². The van der Waals surface area contributed by atoms with Crippen LogP contribution in [0.1, 0.15) is 69.9 Å². The van der Waals surface area contributed by atoms with E-state index in [1.54, 1.807) is 19.9 Å². The van der Waals surface area contributed by atoms with E-state index in [2.05, 4.69) is 0 Å². The Morgan fingerprint density at radius 3 is 2.44 bits per heavy atom. The zero-order chi connectivity index (χ0) is 23.7. The maximum atomic E-state index is 13.5. The molecule has 1 heterocycles. The standard InChI is InChI=1S/C23H28F3N3O2S/c1-22(2)20(31)28(18-11-8-16(14-27)19(13-18)23(24,25)26)21(32)29(22)17-9-6-15(7-10-17)5-3-4-12-30/h8,11,13,15,17,30H,3-7,9-10,12H2,1-2H3. The summed E-state index contributed by atoms with van der Waals surface area (Å²) in [5.74, 6) is 0.210. The van der Waals surface area contributed by atoms with E-state index in [1.165, 1.54) is 11.0 Å². The third-order valence-corrected chi connectivity index (χ3v) is 6.99. The van der Waals surface area contributed by atoms with Gasteiger partial charge in [0, 0.05) is 12.6 Å². The number of amides is 1. The molecule has 1 aromatic carbocycles.